The normalized spacial score (nSPS) is 14.5. The first kappa shape index (κ1) is 13.1. The number of hydrogen-bond donors (Lipinski definition) is 0. The zero-order valence-corrected chi connectivity index (χ0v) is 12.1. The Balaban J connectivity index is 1.85. The fraction of sp³-hybridized carbons (Fsp3) is 0.235. The van der Waals surface area contributed by atoms with Gasteiger partial charge in [-0.3, -0.25) is 14.8 Å². The number of aromatic nitrogens is 3. The number of pyridine rings is 1. The standard InChI is InChI=1S/C17H14FN3O/c1-21-5-4-11-6-13(14(18)7-12(11)17(21)22)16-9-19-15(8-20-16)10-2-3-10/h4-10H,2-3H2,1H3. The number of aryl methyl sites for hydroxylation is 1. The molecule has 2 aromatic heterocycles. The van der Waals surface area contributed by atoms with Gasteiger partial charge in [-0.2, -0.15) is 0 Å². The second kappa shape index (κ2) is 4.73. The van der Waals surface area contributed by atoms with Gasteiger partial charge >= 0.3 is 0 Å². The van der Waals surface area contributed by atoms with Gasteiger partial charge in [0.15, 0.2) is 0 Å². The van der Waals surface area contributed by atoms with E-state index in [9.17, 15) is 9.18 Å². The second-order valence-corrected chi connectivity index (χ2v) is 5.75. The molecule has 0 radical (unpaired) electrons. The molecule has 1 aliphatic rings. The maximum absolute atomic E-state index is 14.4. The van der Waals surface area contributed by atoms with Crippen LogP contribution >= 0.6 is 0 Å². The highest BCUT2D eigenvalue weighted by Crippen LogP contribution is 2.38. The molecule has 0 saturated heterocycles. The summed E-state index contributed by atoms with van der Waals surface area (Å²) in [6, 6.07) is 4.74. The molecule has 0 bridgehead atoms. The highest BCUT2D eigenvalue weighted by Gasteiger charge is 2.25. The average Bonchev–Trinajstić information content (AvgIpc) is 3.36. The van der Waals surface area contributed by atoms with Gasteiger partial charge in [-0.1, -0.05) is 0 Å². The van der Waals surface area contributed by atoms with Gasteiger partial charge in [0.25, 0.3) is 5.56 Å². The van der Waals surface area contributed by atoms with Crippen molar-refractivity contribution < 1.29 is 4.39 Å². The van der Waals surface area contributed by atoms with Crippen LogP contribution in [0.5, 0.6) is 0 Å². The third kappa shape index (κ3) is 2.09. The van der Waals surface area contributed by atoms with Crippen LogP contribution in [0.3, 0.4) is 0 Å². The zero-order valence-electron chi connectivity index (χ0n) is 12.1. The van der Waals surface area contributed by atoms with Crippen molar-refractivity contribution in [2.75, 3.05) is 0 Å². The van der Waals surface area contributed by atoms with E-state index in [1.54, 1.807) is 37.8 Å². The van der Waals surface area contributed by atoms with Gasteiger partial charge in [-0.25, -0.2) is 4.39 Å². The molecule has 1 saturated carbocycles. The van der Waals surface area contributed by atoms with E-state index in [1.807, 2.05) is 0 Å². The molecule has 22 heavy (non-hydrogen) atoms. The molecular formula is C17H14FN3O. The molecule has 0 atom stereocenters. The van der Waals surface area contributed by atoms with Crippen LogP contribution in [-0.2, 0) is 7.05 Å². The first-order chi connectivity index (χ1) is 10.6. The Morgan fingerprint density at radius 1 is 1.23 bits per heavy atom. The lowest BCUT2D eigenvalue weighted by Crippen LogP contribution is -2.15. The van der Waals surface area contributed by atoms with Crippen molar-refractivity contribution in [1.82, 2.24) is 14.5 Å². The highest BCUT2D eigenvalue weighted by atomic mass is 19.1. The molecule has 4 rings (SSSR count). The topological polar surface area (TPSA) is 47.8 Å². The zero-order chi connectivity index (χ0) is 15.3. The molecule has 0 unspecified atom stereocenters. The number of benzene rings is 1. The van der Waals surface area contributed by atoms with Crippen molar-refractivity contribution in [2.45, 2.75) is 18.8 Å². The fourth-order valence-corrected chi connectivity index (χ4v) is 2.63. The quantitative estimate of drug-likeness (QED) is 0.730. The molecule has 5 heteroatoms. The molecule has 1 aliphatic carbocycles. The van der Waals surface area contributed by atoms with E-state index in [4.69, 9.17) is 0 Å². The number of hydrogen-bond acceptors (Lipinski definition) is 3. The Bertz CT molecular complexity index is 927. The summed E-state index contributed by atoms with van der Waals surface area (Å²) >= 11 is 0. The maximum Gasteiger partial charge on any atom is 0.258 e. The van der Waals surface area contributed by atoms with Crippen LogP contribution in [0.15, 0.2) is 41.6 Å². The third-order valence-electron chi connectivity index (χ3n) is 4.11. The van der Waals surface area contributed by atoms with E-state index in [2.05, 4.69) is 9.97 Å². The van der Waals surface area contributed by atoms with Crippen LogP contribution in [0.4, 0.5) is 4.39 Å². The second-order valence-electron chi connectivity index (χ2n) is 5.75. The van der Waals surface area contributed by atoms with Crippen LogP contribution in [0, 0.1) is 5.82 Å². The van der Waals surface area contributed by atoms with E-state index in [-0.39, 0.29) is 5.56 Å². The van der Waals surface area contributed by atoms with Gasteiger partial charge in [-0.15, -0.1) is 0 Å². The van der Waals surface area contributed by atoms with E-state index >= 15 is 0 Å². The molecule has 110 valence electrons. The number of fused-ring (bicyclic) bond motifs is 1. The summed E-state index contributed by atoms with van der Waals surface area (Å²) < 4.78 is 15.8. The number of halogens is 1. The minimum Gasteiger partial charge on any atom is -0.318 e. The number of rotatable bonds is 2. The highest BCUT2D eigenvalue weighted by molar-refractivity contribution is 5.86. The molecule has 1 fully saturated rings. The molecule has 0 N–H and O–H groups in total. The monoisotopic (exact) mass is 295 g/mol. The van der Waals surface area contributed by atoms with Crippen LogP contribution in [0.2, 0.25) is 0 Å². The first-order valence-corrected chi connectivity index (χ1v) is 7.24. The van der Waals surface area contributed by atoms with Crippen molar-refractivity contribution in [3.05, 3.63) is 58.7 Å². The summed E-state index contributed by atoms with van der Waals surface area (Å²) in [5.74, 6) is 0.0651. The van der Waals surface area contributed by atoms with E-state index < -0.39 is 5.82 Å². The van der Waals surface area contributed by atoms with Gasteiger partial charge in [0.1, 0.15) is 5.82 Å². The van der Waals surface area contributed by atoms with E-state index in [0.717, 1.165) is 18.5 Å². The summed E-state index contributed by atoms with van der Waals surface area (Å²) in [5, 5.41) is 1.07. The van der Waals surface area contributed by atoms with Crippen molar-refractivity contribution in [2.24, 2.45) is 7.05 Å². The molecule has 3 aromatic rings. The van der Waals surface area contributed by atoms with E-state index in [1.165, 1.54) is 10.6 Å². The Kier molecular flexibility index (Phi) is 2.82. The maximum atomic E-state index is 14.4. The van der Waals surface area contributed by atoms with Gasteiger partial charge in [0.2, 0.25) is 0 Å². The summed E-state index contributed by atoms with van der Waals surface area (Å²) in [5.41, 5.74) is 1.62. The Hall–Kier alpha value is -2.56. The molecular weight excluding hydrogens is 281 g/mol. The third-order valence-corrected chi connectivity index (χ3v) is 4.11. The smallest absolute Gasteiger partial charge is 0.258 e. The van der Waals surface area contributed by atoms with Crippen molar-refractivity contribution in [3.8, 4) is 11.3 Å². The average molecular weight is 295 g/mol. The predicted molar refractivity (Wildman–Crippen MR) is 82.1 cm³/mol. The molecule has 0 aliphatic heterocycles. The van der Waals surface area contributed by atoms with Crippen LogP contribution in [-0.4, -0.2) is 14.5 Å². The van der Waals surface area contributed by atoms with Crippen molar-refractivity contribution >= 4 is 10.8 Å². The minimum atomic E-state index is -0.454. The Morgan fingerprint density at radius 3 is 2.73 bits per heavy atom. The van der Waals surface area contributed by atoms with Crippen LogP contribution in [0.1, 0.15) is 24.5 Å². The lowest BCUT2D eigenvalue weighted by Gasteiger charge is -2.07. The largest absolute Gasteiger partial charge is 0.318 e. The lowest BCUT2D eigenvalue weighted by atomic mass is 10.1. The summed E-state index contributed by atoms with van der Waals surface area (Å²) in [6.07, 6.45) is 7.32. The molecule has 0 amide bonds. The van der Waals surface area contributed by atoms with Crippen LogP contribution in [0.25, 0.3) is 22.0 Å². The predicted octanol–water partition coefficient (Wildman–Crippen LogP) is 3.01. The molecule has 2 heterocycles. The van der Waals surface area contributed by atoms with E-state index in [0.29, 0.717) is 27.9 Å². The molecule has 0 spiro atoms. The Morgan fingerprint density at radius 2 is 2.05 bits per heavy atom. The van der Waals surface area contributed by atoms with Crippen molar-refractivity contribution in [1.29, 1.82) is 0 Å². The summed E-state index contributed by atoms with van der Waals surface area (Å²) in [6.45, 7) is 0. The SMILES string of the molecule is Cn1ccc2cc(-c3cnc(C4CC4)cn3)c(F)cc2c1=O. The Labute approximate surface area is 126 Å². The van der Waals surface area contributed by atoms with Gasteiger partial charge in [0.05, 0.1) is 23.0 Å². The summed E-state index contributed by atoms with van der Waals surface area (Å²) in [4.78, 5) is 20.7. The first-order valence-electron chi connectivity index (χ1n) is 7.24. The number of nitrogens with zero attached hydrogens (tertiary/aromatic N) is 3. The van der Waals surface area contributed by atoms with Gasteiger partial charge < -0.3 is 4.57 Å². The van der Waals surface area contributed by atoms with Gasteiger partial charge in [-0.05, 0) is 36.4 Å². The van der Waals surface area contributed by atoms with Gasteiger partial charge in [0, 0.05) is 30.9 Å². The van der Waals surface area contributed by atoms with Crippen molar-refractivity contribution in [3.63, 3.8) is 0 Å². The molecule has 1 aromatic carbocycles. The minimum absolute atomic E-state index is 0.210. The summed E-state index contributed by atoms with van der Waals surface area (Å²) in [7, 11) is 1.65. The van der Waals surface area contributed by atoms with Crippen LogP contribution < -0.4 is 5.56 Å². The fourth-order valence-electron chi connectivity index (χ4n) is 2.63. The molecule has 4 nitrogen and oxygen atoms in total. The lowest BCUT2D eigenvalue weighted by molar-refractivity contribution is 0.632.